The molecule has 0 spiro atoms. The van der Waals surface area contributed by atoms with Gasteiger partial charge in [-0.1, -0.05) is 41.9 Å². The van der Waals surface area contributed by atoms with Crippen molar-refractivity contribution in [2.75, 3.05) is 16.8 Å². The van der Waals surface area contributed by atoms with Crippen molar-refractivity contribution >= 4 is 29.0 Å². The van der Waals surface area contributed by atoms with Crippen molar-refractivity contribution in [3.63, 3.8) is 0 Å². The van der Waals surface area contributed by atoms with Crippen LogP contribution in [0, 0.1) is 0 Å². The van der Waals surface area contributed by atoms with Gasteiger partial charge in [-0.2, -0.15) is 5.10 Å². The van der Waals surface area contributed by atoms with Gasteiger partial charge in [-0.15, -0.1) is 0 Å². The van der Waals surface area contributed by atoms with Gasteiger partial charge in [0.15, 0.2) is 0 Å². The Morgan fingerprint density at radius 2 is 2.07 bits per heavy atom. The second-order valence-electron chi connectivity index (χ2n) is 7.20. The summed E-state index contributed by atoms with van der Waals surface area (Å²) in [6, 6.07) is 18.1. The molecule has 4 rings (SSSR count). The van der Waals surface area contributed by atoms with E-state index in [4.69, 9.17) is 11.6 Å². The second-order valence-corrected chi connectivity index (χ2v) is 7.63. The van der Waals surface area contributed by atoms with Gasteiger partial charge >= 0.3 is 0 Å². The van der Waals surface area contributed by atoms with E-state index >= 15 is 0 Å². The molecular weight excluding hydrogens is 372 g/mol. The number of para-hydroxylation sites is 1. The highest BCUT2D eigenvalue weighted by Crippen LogP contribution is 2.30. The molecule has 1 atom stereocenters. The minimum atomic E-state index is -0.0450. The number of hydrogen-bond acceptors (Lipinski definition) is 3. The van der Waals surface area contributed by atoms with Crippen molar-refractivity contribution in [2.24, 2.45) is 0 Å². The standard InChI is InChI=1S/C22H23ClN4O/c1-16-9-10-18-6-2-3-8-20(18)26(16)15-22(28)25-21-11-12-24-27(21)14-17-5-4-7-19(23)13-17/h2-8,11-13,16H,9-10,14-15H2,1H3,(H,25,28). The number of fused-ring (bicyclic) bond motifs is 1. The largest absolute Gasteiger partial charge is 0.359 e. The van der Waals surface area contributed by atoms with E-state index in [1.165, 1.54) is 5.56 Å². The van der Waals surface area contributed by atoms with Crippen LogP contribution in [0.5, 0.6) is 0 Å². The first-order valence-electron chi connectivity index (χ1n) is 9.51. The number of hydrogen-bond donors (Lipinski definition) is 1. The van der Waals surface area contributed by atoms with Crippen LogP contribution in [0.3, 0.4) is 0 Å². The Labute approximate surface area is 169 Å². The summed E-state index contributed by atoms with van der Waals surface area (Å²) in [6.45, 7) is 3.04. The van der Waals surface area contributed by atoms with Crippen LogP contribution in [0.1, 0.15) is 24.5 Å². The fraction of sp³-hybridized carbons (Fsp3) is 0.273. The number of benzene rings is 2. The van der Waals surface area contributed by atoms with Crippen LogP contribution in [0.4, 0.5) is 11.5 Å². The van der Waals surface area contributed by atoms with Crippen LogP contribution in [0.15, 0.2) is 60.8 Å². The number of halogens is 1. The van der Waals surface area contributed by atoms with Crippen molar-refractivity contribution in [1.29, 1.82) is 0 Å². The van der Waals surface area contributed by atoms with Gasteiger partial charge in [0.05, 0.1) is 19.3 Å². The summed E-state index contributed by atoms with van der Waals surface area (Å²) in [5.41, 5.74) is 3.49. The molecule has 6 heteroatoms. The maximum atomic E-state index is 12.8. The van der Waals surface area contributed by atoms with Crippen molar-refractivity contribution in [1.82, 2.24) is 9.78 Å². The van der Waals surface area contributed by atoms with E-state index in [0.29, 0.717) is 30.0 Å². The molecule has 28 heavy (non-hydrogen) atoms. The number of nitrogens with one attached hydrogen (secondary N) is 1. The molecule has 0 fully saturated rings. The summed E-state index contributed by atoms with van der Waals surface area (Å²) < 4.78 is 1.77. The molecule has 1 aromatic heterocycles. The average molecular weight is 395 g/mol. The summed E-state index contributed by atoms with van der Waals surface area (Å²) in [6.07, 6.45) is 3.80. The molecule has 2 heterocycles. The van der Waals surface area contributed by atoms with Gasteiger partial charge in [-0.3, -0.25) is 4.79 Å². The number of carbonyl (C=O) groups excluding carboxylic acids is 1. The number of aromatic nitrogens is 2. The summed E-state index contributed by atoms with van der Waals surface area (Å²) in [5, 5.41) is 8.04. The highest BCUT2D eigenvalue weighted by atomic mass is 35.5. The van der Waals surface area contributed by atoms with Crippen LogP contribution in [-0.4, -0.2) is 28.3 Å². The van der Waals surface area contributed by atoms with E-state index in [2.05, 4.69) is 40.4 Å². The predicted molar refractivity (Wildman–Crippen MR) is 113 cm³/mol. The van der Waals surface area contributed by atoms with Crippen molar-refractivity contribution in [3.8, 4) is 0 Å². The summed E-state index contributed by atoms with van der Waals surface area (Å²) >= 11 is 6.07. The molecule has 144 valence electrons. The number of rotatable bonds is 5. The van der Waals surface area contributed by atoms with Crippen molar-refractivity contribution in [3.05, 3.63) is 76.9 Å². The van der Waals surface area contributed by atoms with Gasteiger partial charge in [0.2, 0.25) is 5.91 Å². The Hall–Kier alpha value is -2.79. The van der Waals surface area contributed by atoms with E-state index in [-0.39, 0.29) is 5.91 Å². The molecule has 1 aliphatic heterocycles. The van der Waals surface area contributed by atoms with Gasteiger partial charge in [-0.05, 0) is 49.1 Å². The van der Waals surface area contributed by atoms with Gasteiger partial charge < -0.3 is 10.2 Å². The van der Waals surface area contributed by atoms with Gasteiger partial charge in [0.1, 0.15) is 5.82 Å². The highest BCUT2D eigenvalue weighted by Gasteiger charge is 2.24. The van der Waals surface area contributed by atoms with Gasteiger partial charge in [-0.25, -0.2) is 4.68 Å². The predicted octanol–water partition coefficient (Wildman–Crippen LogP) is 4.36. The first kappa shape index (κ1) is 18.6. The lowest BCUT2D eigenvalue weighted by atomic mass is 9.97. The molecule has 1 N–H and O–H groups in total. The molecule has 0 radical (unpaired) electrons. The van der Waals surface area contributed by atoms with E-state index in [1.54, 1.807) is 10.9 Å². The quantitative estimate of drug-likeness (QED) is 0.699. The average Bonchev–Trinajstić information content (AvgIpc) is 3.10. The van der Waals surface area contributed by atoms with Gasteiger partial charge in [0, 0.05) is 22.8 Å². The van der Waals surface area contributed by atoms with Crippen LogP contribution in [0.2, 0.25) is 5.02 Å². The van der Waals surface area contributed by atoms with E-state index < -0.39 is 0 Å². The Kier molecular flexibility index (Phi) is 5.35. The third kappa shape index (κ3) is 4.04. The van der Waals surface area contributed by atoms with E-state index in [9.17, 15) is 4.79 Å². The summed E-state index contributed by atoms with van der Waals surface area (Å²) in [5.74, 6) is 0.638. The Morgan fingerprint density at radius 1 is 1.21 bits per heavy atom. The maximum Gasteiger partial charge on any atom is 0.245 e. The summed E-state index contributed by atoms with van der Waals surface area (Å²) in [4.78, 5) is 15.0. The minimum absolute atomic E-state index is 0.0450. The van der Waals surface area contributed by atoms with E-state index in [0.717, 1.165) is 24.1 Å². The Balaban J connectivity index is 1.46. The number of anilines is 2. The topological polar surface area (TPSA) is 50.2 Å². The zero-order chi connectivity index (χ0) is 19.5. The van der Waals surface area contributed by atoms with Crippen molar-refractivity contribution in [2.45, 2.75) is 32.4 Å². The SMILES string of the molecule is CC1CCc2ccccc2N1CC(=O)Nc1ccnn1Cc1cccc(Cl)c1. The normalized spacial score (nSPS) is 15.9. The molecule has 0 bridgehead atoms. The fourth-order valence-electron chi connectivity index (χ4n) is 3.71. The lowest BCUT2D eigenvalue weighted by molar-refractivity contribution is -0.115. The Morgan fingerprint density at radius 3 is 2.93 bits per heavy atom. The molecule has 2 aromatic carbocycles. The molecule has 3 aromatic rings. The first-order chi connectivity index (χ1) is 13.6. The fourth-order valence-corrected chi connectivity index (χ4v) is 3.92. The molecule has 1 aliphatic rings. The van der Waals surface area contributed by atoms with Crippen LogP contribution < -0.4 is 10.2 Å². The number of nitrogens with zero attached hydrogens (tertiary/aromatic N) is 3. The van der Waals surface area contributed by atoms with Crippen LogP contribution >= 0.6 is 11.6 Å². The molecule has 0 aliphatic carbocycles. The van der Waals surface area contributed by atoms with E-state index in [1.807, 2.05) is 36.4 Å². The molecule has 0 saturated heterocycles. The highest BCUT2D eigenvalue weighted by molar-refractivity contribution is 6.30. The lowest BCUT2D eigenvalue weighted by Gasteiger charge is -2.36. The number of aryl methyl sites for hydroxylation is 1. The first-order valence-corrected chi connectivity index (χ1v) is 9.88. The molecular formula is C22H23ClN4O. The zero-order valence-electron chi connectivity index (χ0n) is 15.8. The lowest BCUT2D eigenvalue weighted by Crippen LogP contribution is -2.42. The number of carbonyl (C=O) groups is 1. The maximum absolute atomic E-state index is 12.8. The summed E-state index contributed by atoms with van der Waals surface area (Å²) in [7, 11) is 0. The van der Waals surface area contributed by atoms with Crippen LogP contribution in [0.25, 0.3) is 0 Å². The molecule has 1 unspecified atom stereocenters. The zero-order valence-corrected chi connectivity index (χ0v) is 16.6. The molecule has 5 nitrogen and oxygen atoms in total. The third-order valence-corrected chi connectivity index (χ3v) is 5.42. The minimum Gasteiger partial charge on any atom is -0.359 e. The number of amides is 1. The smallest absolute Gasteiger partial charge is 0.245 e. The molecule has 1 amide bonds. The van der Waals surface area contributed by atoms with Crippen LogP contribution in [-0.2, 0) is 17.8 Å². The Bertz CT molecular complexity index is 984. The second kappa shape index (κ2) is 8.07. The molecule has 0 saturated carbocycles. The third-order valence-electron chi connectivity index (χ3n) is 5.18. The monoisotopic (exact) mass is 394 g/mol. The van der Waals surface area contributed by atoms with Gasteiger partial charge in [0.25, 0.3) is 0 Å². The van der Waals surface area contributed by atoms with Crippen molar-refractivity contribution < 1.29 is 4.79 Å².